The molecular weight excluding hydrogens is 316 g/mol. The Labute approximate surface area is 137 Å². The predicted octanol–water partition coefficient (Wildman–Crippen LogP) is 0.607. The number of rotatable bonds is 7. The van der Waals surface area contributed by atoms with Crippen molar-refractivity contribution >= 4 is 29.5 Å². The van der Waals surface area contributed by atoms with Crippen molar-refractivity contribution in [2.75, 3.05) is 13.6 Å². The number of hydrogen-bond acceptors (Lipinski definition) is 6. The van der Waals surface area contributed by atoms with Crippen molar-refractivity contribution < 1.29 is 23.5 Å². The molecule has 24 heavy (non-hydrogen) atoms. The minimum absolute atomic E-state index is 0.0380. The molecule has 0 fully saturated rings. The van der Waals surface area contributed by atoms with Gasteiger partial charge in [0.2, 0.25) is 12.3 Å². The van der Waals surface area contributed by atoms with Crippen molar-refractivity contribution in [3.8, 4) is 0 Å². The number of furan rings is 1. The van der Waals surface area contributed by atoms with Gasteiger partial charge < -0.3 is 25.1 Å². The smallest absolute Gasteiger partial charge is 0.407 e. The van der Waals surface area contributed by atoms with Crippen LogP contribution in [0.3, 0.4) is 0 Å². The molecule has 0 saturated carbocycles. The number of nitrogens with one attached hydrogen (secondary N) is 3. The quantitative estimate of drug-likeness (QED) is 0.638. The molecule has 2 heterocycles. The highest BCUT2D eigenvalue weighted by Gasteiger charge is 2.23. The van der Waals surface area contributed by atoms with Gasteiger partial charge in [0.05, 0.1) is 0 Å². The first kappa shape index (κ1) is 17.3. The minimum Gasteiger partial charge on any atom is -0.457 e. The highest BCUT2D eigenvalue weighted by Crippen LogP contribution is 2.23. The second-order valence-electron chi connectivity index (χ2n) is 4.81. The van der Waals surface area contributed by atoms with Gasteiger partial charge in [0.1, 0.15) is 17.9 Å². The number of aromatic nitrogens is 1. The molecule has 3 amide bonds. The monoisotopic (exact) mass is 334 g/mol. The van der Waals surface area contributed by atoms with Crippen LogP contribution in [0, 0.1) is 0 Å². The molecule has 3 N–H and O–H groups in total. The van der Waals surface area contributed by atoms with Crippen LogP contribution in [0.15, 0.2) is 22.7 Å². The number of carbonyl (C=O) groups is 3. The Morgan fingerprint density at radius 1 is 1.42 bits per heavy atom. The van der Waals surface area contributed by atoms with E-state index in [-0.39, 0.29) is 12.4 Å². The van der Waals surface area contributed by atoms with Gasteiger partial charge in [-0.25, -0.2) is 4.79 Å². The molecule has 2 aromatic rings. The van der Waals surface area contributed by atoms with Crippen LogP contribution in [-0.4, -0.2) is 37.0 Å². The molecule has 0 spiro atoms. The molecule has 0 aliphatic rings. The third kappa shape index (κ3) is 4.00. The maximum absolute atomic E-state index is 11.8. The molecule has 1 atom stereocenters. The van der Waals surface area contributed by atoms with Crippen LogP contribution < -0.4 is 16.0 Å². The summed E-state index contributed by atoms with van der Waals surface area (Å²) in [5.41, 5.74) is 1.58. The average molecular weight is 334 g/mol. The molecule has 2 aromatic heterocycles. The maximum atomic E-state index is 11.8. The standard InChI is InChI=1S/C15H18N4O5/c1-3-17-15(22)23-7-9-4-11-10(18-6-9)5-12(24-11)13(19-8-20)14(21)16-2/h4-6,8,13H,3,7H2,1-2H3,(H,16,21)(H,17,22)(H,19,20). The molecule has 2 rings (SSSR count). The first-order valence-electron chi connectivity index (χ1n) is 7.29. The van der Waals surface area contributed by atoms with Gasteiger partial charge in [-0.05, 0) is 13.0 Å². The molecule has 0 aromatic carbocycles. The number of likely N-dealkylation sites (N-methyl/N-ethyl adjacent to an activating group) is 1. The normalized spacial score (nSPS) is 11.6. The second kappa shape index (κ2) is 7.95. The number of hydrogen-bond donors (Lipinski definition) is 3. The van der Waals surface area contributed by atoms with Crippen LogP contribution in [0.2, 0.25) is 0 Å². The lowest BCUT2D eigenvalue weighted by Crippen LogP contribution is -2.34. The Bertz CT molecular complexity index is 743. The Hall–Kier alpha value is -3.10. The zero-order valence-corrected chi connectivity index (χ0v) is 13.3. The predicted molar refractivity (Wildman–Crippen MR) is 83.9 cm³/mol. The Kier molecular flexibility index (Phi) is 5.72. The lowest BCUT2D eigenvalue weighted by atomic mass is 10.2. The van der Waals surface area contributed by atoms with Crippen molar-refractivity contribution in [1.29, 1.82) is 0 Å². The second-order valence-corrected chi connectivity index (χ2v) is 4.81. The van der Waals surface area contributed by atoms with Crippen LogP contribution in [0.25, 0.3) is 11.1 Å². The van der Waals surface area contributed by atoms with Crippen LogP contribution in [0.4, 0.5) is 4.79 Å². The van der Waals surface area contributed by atoms with Gasteiger partial charge in [0.15, 0.2) is 11.6 Å². The van der Waals surface area contributed by atoms with E-state index in [2.05, 4.69) is 20.9 Å². The van der Waals surface area contributed by atoms with Crippen molar-refractivity contribution in [2.24, 2.45) is 0 Å². The van der Waals surface area contributed by atoms with E-state index in [0.29, 0.717) is 29.6 Å². The van der Waals surface area contributed by atoms with Crippen LogP contribution in [-0.2, 0) is 20.9 Å². The zero-order valence-electron chi connectivity index (χ0n) is 13.3. The van der Waals surface area contributed by atoms with Gasteiger partial charge in [-0.2, -0.15) is 0 Å². The van der Waals surface area contributed by atoms with Crippen molar-refractivity contribution in [3.63, 3.8) is 0 Å². The summed E-state index contributed by atoms with van der Waals surface area (Å²) < 4.78 is 10.6. The number of carbonyl (C=O) groups excluding carboxylic acids is 3. The van der Waals surface area contributed by atoms with Crippen LogP contribution in [0.1, 0.15) is 24.3 Å². The summed E-state index contributed by atoms with van der Waals surface area (Å²) in [6.07, 6.45) is 1.45. The molecule has 0 radical (unpaired) electrons. The summed E-state index contributed by atoms with van der Waals surface area (Å²) in [6, 6.07) is 2.28. The number of alkyl carbamates (subject to hydrolysis) is 1. The number of fused-ring (bicyclic) bond motifs is 1. The minimum atomic E-state index is -0.947. The van der Waals surface area contributed by atoms with E-state index in [1.165, 1.54) is 7.05 Å². The van der Waals surface area contributed by atoms with Gasteiger partial charge in [-0.3, -0.25) is 14.6 Å². The SMILES string of the molecule is CCNC(=O)OCc1cnc2cc(C(NC=O)C(=O)NC)oc2c1. The van der Waals surface area contributed by atoms with E-state index in [1.54, 1.807) is 25.3 Å². The van der Waals surface area contributed by atoms with Crippen molar-refractivity contribution in [1.82, 2.24) is 20.9 Å². The number of nitrogens with zero attached hydrogens (tertiary/aromatic N) is 1. The number of amides is 3. The number of pyridine rings is 1. The van der Waals surface area contributed by atoms with Crippen molar-refractivity contribution in [2.45, 2.75) is 19.6 Å². The lowest BCUT2D eigenvalue weighted by Gasteiger charge is -2.10. The van der Waals surface area contributed by atoms with E-state index in [9.17, 15) is 14.4 Å². The highest BCUT2D eigenvalue weighted by atomic mass is 16.5. The molecule has 1 unspecified atom stereocenters. The molecule has 0 aliphatic carbocycles. The van der Waals surface area contributed by atoms with Gasteiger partial charge >= 0.3 is 6.09 Å². The van der Waals surface area contributed by atoms with E-state index < -0.39 is 18.0 Å². The van der Waals surface area contributed by atoms with E-state index in [0.717, 1.165) is 0 Å². The van der Waals surface area contributed by atoms with E-state index >= 15 is 0 Å². The van der Waals surface area contributed by atoms with Crippen molar-refractivity contribution in [3.05, 3.63) is 29.7 Å². The fraction of sp³-hybridized carbons (Fsp3) is 0.333. The van der Waals surface area contributed by atoms with E-state index in [1.807, 2.05) is 0 Å². The average Bonchev–Trinajstić information content (AvgIpc) is 3.00. The third-order valence-electron chi connectivity index (χ3n) is 3.16. The molecule has 0 aliphatic heterocycles. The third-order valence-corrected chi connectivity index (χ3v) is 3.16. The Morgan fingerprint density at radius 2 is 2.21 bits per heavy atom. The van der Waals surface area contributed by atoms with Crippen LogP contribution >= 0.6 is 0 Å². The van der Waals surface area contributed by atoms with Gasteiger partial charge in [0.25, 0.3) is 0 Å². The van der Waals surface area contributed by atoms with Gasteiger partial charge in [-0.15, -0.1) is 0 Å². The lowest BCUT2D eigenvalue weighted by molar-refractivity contribution is -0.125. The molecule has 128 valence electrons. The molecule has 9 heteroatoms. The first-order chi connectivity index (χ1) is 11.6. The Morgan fingerprint density at radius 3 is 2.88 bits per heavy atom. The largest absolute Gasteiger partial charge is 0.457 e. The fourth-order valence-electron chi connectivity index (χ4n) is 2.04. The topological polar surface area (TPSA) is 123 Å². The number of ether oxygens (including phenoxy) is 1. The zero-order chi connectivity index (χ0) is 17.5. The summed E-state index contributed by atoms with van der Waals surface area (Å²) in [6.45, 7) is 2.30. The fourth-order valence-corrected chi connectivity index (χ4v) is 2.04. The summed E-state index contributed by atoms with van der Waals surface area (Å²) in [7, 11) is 1.46. The van der Waals surface area contributed by atoms with Crippen LogP contribution in [0.5, 0.6) is 0 Å². The maximum Gasteiger partial charge on any atom is 0.407 e. The summed E-state index contributed by atoms with van der Waals surface area (Å²) in [4.78, 5) is 38.0. The van der Waals surface area contributed by atoms with Gasteiger partial charge in [0, 0.05) is 31.4 Å². The summed E-state index contributed by atoms with van der Waals surface area (Å²) in [5, 5.41) is 7.35. The van der Waals surface area contributed by atoms with Gasteiger partial charge in [-0.1, -0.05) is 0 Å². The molecule has 0 bridgehead atoms. The summed E-state index contributed by atoms with van der Waals surface area (Å²) >= 11 is 0. The molecular formula is C15H18N4O5. The molecule has 0 saturated heterocycles. The first-order valence-corrected chi connectivity index (χ1v) is 7.29. The Balaban J connectivity index is 2.19. The summed E-state index contributed by atoms with van der Waals surface area (Å²) in [5.74, 6) is -0.160. The highest BCUT2D eigenvalue weighted by molar-refractivity contribution is 5.85. The molecule has 9 nitrogen and oxygen atoms in total. The van der Waals surface area contributed by atoms with E-state index in [4.69, 9.17) is 9.15 Å².